The average molecular weight is 431 g/mol. The Morgan fingerprint density at radius 1 is 1.33 bits per heavy atom. The molecule has 0 aliphatic carbocycles. The molecule has 0 bridgehead atoms. The van der Waals surface area contributed by atoms with Gasteiger partial charge in [0, 0.05) is 15.8 Å². The Morgan fingerprint density at radius 3 is 2.60 bits per heavy atom. The second-order valence-corrected chi connectivity index (χ2v) is 9.25. The fourth-order valence-electron chi connectivity index (χ4n) is 3.29. The number of hydrogen-bond donors (Lipinski definition) is 3. The van der Waals surface area contributed by atoms with Crippen LogP contribution in [0.4, 0.5) is 4.39 Å². The van der Waals surface area contributed by atoms with E-state index < -0.39 is 5.54 Å². The molecule has 0 radical (unpaired) electrons. The van der Waals surface area contributed by atoms with Crippen LogP contribution in [0.15, 0.2) is 35.7 Å². The molecule has 2 aromatic rings. The molecule has 1 saturated heterocycles. The third kappa shape index (κ3) is 4.70. The SMILES string of the molecule is CC(C)[C@]1(C)CC(=O)N(Cc2cc(C(=O)N[C@@H](C)c3ccc(F)cc3)cs2)C(=N)N1. The molecule has 0 saturated carbocycles. The predicted molar refractivity (Wildman–Crippen MR) is 116 cm³/mol. The first-order chi connectivity index (χ1) is 14.1. The molecule has 1 aromatic heterocycles. The average Bonchev–Trinajstić information content (AvgIpc) is 3.14. The minimum absolute atomic E-state index is 0.0896. The second-order valence-electron chi connectivity index (χ2n) is 8.25. The number of nitrogens with zero attached hydrogens (tertiary/aromatic N) is 1. The fourth-order valence-corrected chi connectivity index (χ4v) is 4.14. The number of nitrogens with one attached hydrogen (secondary N) is 3. The third-order valence-electron chi connectivity index (χ3n) is 5.72. The summed E-state index contributed by atoms with van der Waals surface area (Å²) in [6.07, 6.45) is 0.320. The lowest BCUT2D eigenvalue weighted by Crippen LogP contribution is -2.62. The molecular weight excluding hydrogens is 403 g/mol. The van der Waals surface area contributed by atoms with Crippen LogP contribution in [0, 0.1) is 17.1 Å². The molecule has 160 valence electrons. The highest BCUT2D eigenvalue weighted by Crippen LogP contribution is 2.27. The first-order valence-electron chi connectivity index (χ1n) is 9.90. The first kappa shape index (κ1) is 22.0. The quantitative estimate of drug-likeness (QED) is 0.646. The Labute approximate surface area is 180 Å². The molecule has 1 aliphatic heterocycles. The van der Waals surface area contributed by atoms with E-state index in [9.17, 15) is 14.0 Å². The van der Waals surface area contributed by atoms with E-state index in [0.29, 0.717) is 12.0 Å². The number of thiophene rings is 1. The zero-order valence-corrected chi connectivity index (χ0v) is 18.4. The molecular formula is C22H27FN4O2S. The van der Waals surface area contributed by atoms with Gasteiger partial charge in [0.2, 0.25) is 5.91 Å². The number of halogens is 1. The summed E-state index contributed by atoms with van der Waals surface area (Å²) in [6.45, 7) is 8.10. The summed E-state index contributed by atoms with van der Waals surface area (Å²) in [5.41, 5.74) is 0.883. The number of carbonyl (C=O) groups excluding carboxylic acids is 2. The van der Waals surface area contributed by atoms with Crippen molar-refractivity contribution in [2.75, 3.05) is 0 Å². The van der Waals surface area contributed by atoms with E-state index in [1.807, 2.05) is 27.7 Å². The van der Waals surface area contributed by atoms with Crippen molar-refractivity contribution in [3.8, 4) is 0 Å². The predicted octanol–water partition coefficient (Wildman–Crippen LogP) is 4.05. The minimum Gasteiger partial charge on any atom is -0.350 e. The summed E-state index contributed by atoms with van der Waals surface area (Å²) in [5.74, 6) is -0.351. The van der Waals surface area contributed by atoms with Crippen LogP contribution in [-0.4, -0.2) is 28.2 Å². The molecule has 2 heterocycles. The highest BCUT2D eigenvalue weighted by atomic mass is 32.1. The van der Waals surface area contributed by atoms with Gasteiger partial charge in [-0.05, 0) is 43.5 Å². The van der Waals surface area contributed by atoms with Gasteiger partial charge in [0.1, 0.15) is 5.82 Å². The number of carbonyl (C=O) groups is 2. The van der Waals surface area contributed by atoms with Gasteiger partial charge >= 0.3 is 0 Å². The summed E-state index contributed by atoms with van der Waals surface area (Å²) in [5, 5.41) is 16.1. The Hall–Kier alpha value is -2.74. The second kappa shape index (κ2) is 8.55. The summed E-state index contributed by atoms with van der Waals surface area (Å²) < 4.78 is 13.1. The zero-order valence-electron chi connectivity index (χ0n) is 17.6. The molecule has 3 rings (SSSR count). The van der Waals surface area contributed by atoms with Gasteiger partial charge in [0.25, 0.3) is 5.91 Å². The summed E-state index contributed by atoms with van der Waals surface area (Å²) >= 11 is 1.38. The first-order valence-corrected chi connectivity index (χ1v) is 10.8. The van der Waals surface area contributed by atoms with Crippen molar-refractivity contribution >= 4 is 29.1 Å². The van der Waals surface area contributed by atoms with Crippen LogP contribution in [0.25, 0.3) is 0 Å². The molecule has 2 amide bonds. The van der Waals surface area contributed by atoms with E-state index in [4.69, 9.17) is 5.41 Å². The monoisotopic (exact) mass is 430 g/mol. The molecule has 0 unspecified atom stereocenters. The van der Waals surface area contributed by atoms with Gasteiger partial charge in [-0.15, -0.1) is 11.3 Å². The highest BCUT2D eigenvalue weighted by molar-refractivity contribution is 7.10. The number of amides is 2. The van der Waals surface area contributed by atoms with Crippen LogP contribution in [0.1, 0.15) is 61.0 Å². The van der Waals surface area contributed by atoms with Crippen LogP contribution in [0.3, 0.4) is 0 Å². The molecule has 1 aromatic carbocycles. The Bertz CT molecular complexity index is 936. The number of hydrogen-bond acceptors (Lipinski definition) is 4. The van der Waals surface area contributed by atoms with Gasteiger partial charge in [0.05, 0.1) is 24.6 Å². The Balaban J connectivity index is 1.63. The van der Waals surface area contributed by atoms with Gasteiger partial charge < -0.3 is 10.6 Å². The van der Waals surface area contributed by atoms with Gasteiger partial charge in [-0.25, -0.2) is 4.39 Å². The maximum Gasteiger partial charge on any atom is 0.252 e. The van der Waals surface area contributed by atoms with E-state index in [0.717, 1.165) is 10.4 Å². The van der Waals surface area contributed by atoms with Crippen LogP contribution >= 0.6 is 11.3 Å². The van der Waals surface area contributed by atoms with E-state index in [2.05, 4.69) is 10.6 Å². The van der Waals surface area contributed by atoms with Crippen molar-refractivity contribution in [3.05, 3.63) is 57.5 Å². The van der Waals surface area contributed by atoms with E-state index in [1.54, 1.807) is 23.6 Å². The van der Waals surface area contributed by atoms with Gasteiger partial charge in [0.15, 0.2) is 5.96 Å². The zero-order chi connectivity index (χ0) is 22.1. The maximum atomic E-state index is 13.1. The van der Waals surface area contributed by atoms with Crippen LogP contribution in [0.5, 0.6) is 0 Å². The molecule has 3 N–H and O–H groups in total. The normalized spacial score (nSPS) is 20.3. The van der Waals surface area contributed by atoms with Gasteiger partial charge in [-0.3, -0.25) is 19.9 Å². The van der Waals surface area contributed by atoms with Crippen molar-refractivity contribution in [1.82, 2.24) is 15.5 Å². The van der Waals surface area contributed by atoms with Gasteiger partial charge in [-0.2, -0.15) is 0 Å². The molecule has 0 spiro atoms. The topological polar surface area (TPSA) is 85.3 Å². The number of benzene rings is 1. The van der Waals surface area contributed by atoms with Crippen molar-refractivity contribution in [1.29, 1.82) is 5.41 Å². The third-order valence-corrected chi connectivity index (χ3v) is 6.64. The standard InChI is InChI=1S/C22H27FN4O2S/c1-13(2)22(4)10-19(28)27(21(24)26-22)11-18-9-16(12-30-18)20(29)25-14(3)15-5-7-17(23)8-6-15/h5-9,12-14H,10-11H2,1-4H3,(H2,24,26)(H,25,29)/t14-,22-/m0/s1. The fraction of sp³-hybridized carbons (Fsp3) is 0.409. The Morgan fingerprint density at radius 2 is 2.00 bits per heavy atom. The largest absolute Gasteiger partial charge is 0.350 e. The summed E-state index contributed by atoms with van der Waals surface area (Å²) in [7, 11) is 0. The lowest BCUT2D eigenvalue weighted by atomic mass is 9.83. The van der Waals surface area contributed by atoms with Crippen molar-refractivity contribution in [2.24, 2.45) is 5.92 Å². The van der Waals surface area contributed by atoms with E-state index in [-0.39, 0.29) is 42.1 Å². The van der Waals surface area contributed by atoms with Crippen LogP contribution in [-0.2, 0) is 11.3 Å². The van der Waals surface area contributed by atoms with Crippen LogP contribution < -0.4 is 10.6 Å². The summed E-state index contributed by atoms with van der Waals surface area (Å²) in [6, 6.07) is 7.49. The highest BCUT2D eigenvalue weighted by Gasteiger charge is 2.40. The van der Waals surface area contributed by atoms with E-state index >= 15 is 0 Å². The number of rotatable bonds is 6. The smallest absolute Gasteiger partial charge is 0.252 e. The lowest BCUT2D eigenvalue weighted by molar-refractivity contribution is -0.131. The molecule has 1 aliphatic rings. The van der Waals surface area contributed by atoms with Gasteiger partial charge in [-0.1, -0.05) is 26.0 Å². The summed E-state index contributed by atoms with van der Waals surface area (Å²) in [4.78, 5) is 27.5. The van der Waals surface area contributed by atoms with Crippen LogP contribution in [0.2, 0.25) is 0 Å². The molecule has 2 atom stereocenters. The van der Waals surface area contributed by atoms with Crippen molar-refractivity contribution in [3.63, 3.8) is 0 Å². The molecule has 8 heteroatoms. The molecule has 30 heavy (non-hydrogen) atoms. The minimum atomic E-state index is -0.429. The van der Waals surface area contributed by atoms with Crippen molar-refractivity contribution in [2.45, 2.75) is 52.2 Å². The molecule has 6 nitrogen and oxygen atoms in total. The number of guanidine groups is 1. The van der Waals surface area contributed by atoms with E-state index in [1.165, 1.54) is 28.4 Å². The lowest BCUT2D eigenvalue weighted by Gasteiger charge is -2.43. The molecule has 1 fully saturated rings. The maximum absolute atomic E-state index is 13.1. The Kier molecular flexibility index (Phi) is 6.26. The van der Waals surface area contributed by atoms with Crippen molar-refractivity contribution < 1.29 is 14.0 Å².